The molecule has 66 valence electrons. The molecule has 0 saturated carbocycles. The summed E-state index contributed by atoms with van der Waals surface area (Å²) in [5.41, 5.74) is 1.60. The predicted molar refractivity (Wildman–Crippen MR) is 47.7 cm³/mol. The molecule has 0 aliphatic heterocycles. The lowest BCUT2D eigenvalue weighted by molar-refractivity contribution is 0.175. The van der Waals surface area contributed by atoms with E-state index in [1.807, 2.05) is 24.3 Å². The topological polar surface area (TPSA) is 40.5 Å². The normalized spacial score (nSPS) is 15.7. The minimum Gasteiger partial charge on any atom is -0.389 e. The van der Waals surface area contributed by atoms with E-state index in [0.29, 0.717) is 0 Å². The van der Waals surface area contributed by atoms with Crippen molar-refractivity contribution in [1.82, 2.24) is 0 Å². The third kappa shape index (κ3) is 1.84. The number of hydrogen-bond acceptors (Lipinski definition) is 2. The molecule has 0 aromatic heterocycles. The van der Waals surface area contributed by atoms with Crippen LogP contribution in [0, 0.1) is 0 Å². The summed E-state index contributed by atoms with van der Waals surface area (Å²) in [7, 11) is 0. The van der Waals surface area contributed by atoms with Gasteiger partial charge >= 0.3 is 0 Å². The van der Waals surface area contributed by atoms with Gasteiger partial charge in [-0.1, -0.05) is 24.3 Å². The molecular weight excluding hydrogens is 152 g/mol. The molecule has 0 saturated heterocycles. The first-order chi connectivity index (χ1) is 5.63. The van der Waals surface area contributed by atoms with Crippen LogP contribution in [0.15, 0.2) is 24.3 Å². The summed E-state index contributed by atoms with van der Waals surface area (Å²) in [5.74, 6) is 0. The molecule has 2 N–H and O–H groups in total. The van der Waals surface area contributed by atoms with Gasteiger partial charge in [-0.25, -0.2) is 0 Å². The van der Waals surface area contributed by atoms with Gasteiger partial charge in [0.15, 0.2) is 0 Å². The molecule has 1 aromatic rings. The van der Waals surface area contributed by atoms with Gasteiger partial charge in [0, 0.05) is 0 Å². The van der Waals surface area contributed by atoms with E-state index in [2.05, 4.69) is 0 Å². The summed E-state index contributed by atoms with van der Waals surface area (Å²) >= 11 is 0. The fourth-order valence-corrected chi connectivity index (χ4v) is 1.27. The molecule has 0 amide bonds. The zero-order chi connectivity index (χ0) is 9.14. The summed E-state index contributed by atoms with van der Waals surface area (Å²) < 4.78 is 0. The molecule has 0 unspecified atom stereocenters. The Labute approximate surface area is 72.5 Å². The molecule has 0 aliphatic carbocycles. The molecule has 0 spiro atoms. The minimum absolute atomic E-state index is 0.518. The van der Waals surface area contributed by atoms with Crippen LogP contribution in [-0.4, -0.2) is 10.2 Å². The van der Waals surface area contributed by atoms with Crippen LogP contribution in [0.3, 0.4) is 0 Å². The first kappa shape index (κ1) is 9.23. The molecule has 0 heterocycles. The summed E-state index contributed by atoms with van der Waals surface area (Å²) in [5, 5.41) is 18.7. The third-order valence-corrected chi connectivity index (χ3v) is 1.90. The molecule has 0 fully saturated rings. The van der Waals surface area contributed by atoms with Crippen molar-refractivity contribution < 1.29 is 10.2 Å². The highest BCUT2D eigenvalue weighted by Crippen LogP contribution is 2.22. The summed E-state index contributed by atoms with van der Waals surface area (Å²) in [6.45, 7) is 3.39. The minimum atomic E-state index is -0.518. The van der Waals surface area contributed by atoms with E-state index in [9.17, 15) is 10.2 Å². The number of benzene rings is 1. The standard InChI is InChI=1S/C10H14O2/c1-7(11)9-5-3-4-6-10(9)8(2)12/h3-8,11-12H,1-2H3/t7-,8+. The van der Waals surface area contributed by atoms with E-state index in [4.69, 9.17) is 0 Å². The van der Waals surface area contributed by atoms with Crippen molar-refractivity contribution in [2.24, 2.45) is 0 Å². The van der Waals surface area contributed by atoms with Crippen molar-refractivity contribution in [3.05, 3.63) is 35.4 Å². The smallest absolute Gasteiger partial charge is 0.0765 e. The van der Waals surface area contributed by atoms with Gasteiger partial charge in [0.2, 0.25) is 0 Å². The molecule has 0 bridgehead atoms. The fourth-order valence-electron chi connectivity index (χ4n) is 1.27. The van der Waals surface area contributed by atoms with E-state index in [1.165, 1.54) is 0 Å². The Balaban J connectivity index is 3.09. The average Bonchev–Trinajstić information content (AvgIpc) is 2.04. The average molecular weight is 166 g/mol. The Kier molecular flexibility index (Phi) is 2.84. The van der Waals surface area contributed by atoms with Crippen molar-refractivity contribution in [3.8, 4) is 0 Å². The van der Waals surface area contributed by atoms with Gasteiger partial charge in [-0.3, -0.25) is 0 Å². The van der Waals surface area contributed by atoms with Crippen molar-refractivity contribution in [3.63, 3.8) is 0 Å². The Morgan fingerprint density at radius 3 is 1.50 bits per heavy atom. The van der Waals surface area contributed by atoms with Crippen molar-refractivity contribution in [2.45, 2.75) is 26.1 Å². The Bertz CT molecular complexity index is 227. The molecule has 12 heavy (non-hydrogen) atoms. The monoisotopic (exact) mass is 166 g/mol. The van der Waals surface area contributed by atoms with Gasteiger partial charge in [0.1, 0.15) is 0 Å². The van der Waals surface area contributed by atoms with E-state index in [1.54, 1.807) is 13.8 Å². The lowest BCUT2D eigenvalue weighted by atomic mass is 10.00. The Morgan fingerprint density at radius 2 is 1.25 bits per heavy atom. The van der Waals surface area contributed by atoms with Crippen LogP contribution in [0.1, 0.15) is 37.2 Å². The SMILES string of the molecule is C[C@H](O)c1ccccc1[C@@H](C)O. The zero-order valence-corrected chi connectivity index (χ0v) is 7.36. The highest BCUT2D eigenvalue weighted by Gasteiger charge is 2.09. The van der Waals surface area contributed by atoms with E-state index in [0.717, 1.165) is 11.1 Å². The first-order valence-electron chi connectivity index (χ1n) is 4.08. The Hall–Kier alpha value is -0.860. The molecule has 2 nitrogen and oxygen atoms in total. The van der Waals surface area contributed by atoms with Crippen molar-refractivity contribution in [1.29, 1.82) is 0 Å². The second-order valence-corrected chi connectivity index (χ2v) is 2.98. The maximum atomic E-state index is 9.34. The van der Waals surface area contributed by atoms with Gasteiger partial charge in [-0.2, -0.15) is 0 Å². The number of aliphatic hydroxyl groups is 2. The first-order valence-corrected chi connectivity index (χ1v) is 4.08. The second-order valence-electron chi connectivity index (χ2n) is 2.98. The van der Waals surface area contributed by atoms with Crippen LogP contribution >= 0.6 is 0 Å². The van der Waals surface area contributed by atoms with Crippen LogP contribution < -0.4 is 0 Å². The second kappa shape index (κ2) is 3.70. The highest BCUT2D eigenvalue weighted by molar-refractivity contribution is 5.30. The number of hydrogen-bond donors (Lipinski definition) is 2. The van der Waals surface area contributed by atoms with Crippen molar-refractivity contribution >= 4 is 0 Å². The molecule has 2 atom stereocenters. The van der Waals surface area contributed by atoms with E-state index >= 15 is 0 Å². The zero-order valence-electron chi connectivity index (χ0n) is 7.36. The van der Waals surface area contributed by atoms with E-state index in [-0.39, 0.29) is 0 Å². The largest absolute Gasteiger partial charge is 0.389 e. The highest BCUT2D eigenvalue weighted by atomic mass is 16.3. The summed E-state index contributed by atoms with van der Waals surface area (Å²) in [4.78, 5) is 0. The predicted octanol–water partition coefficient (Wildman–Crippen LogP) is 1.79. The maximum Gasteiger partial charge on any atom is 0.0765 e. The van der Waals surface area contributed by atoms with Crippen LogP contribution in [0.4, 0.5) is 0 Å². The Morgan fingerprint density at radius 1 is 0.917 bits per heavy atom. The molecule has 1 rings (SSSR count). The fraction of sp³-hybridized carbons (Fsp3) is 0.400. The van der Waals surface area contributed by atoms with Crippen LogP contribution in [0.5, 0.6) is 0 Å². The van der Waals surface area contributed by atoms with Gasteiger partial charge in [-0.15, -0.1) is 0 Å². The van der Waals surface area contributed by atoms with Crippen LogP contribution in [0.2, 0.25) is 0 Å². The lowest BCUT2D eigenvalue weighted by Crippen LogP contribution is -2.01. The molecule has 1 aromatic carbocycles. The third-order valence-electron chi connectivity index (χ3n) is 1.90. The van der Waals surface area contributed by atoms with Gasteiger partial charge in [0.05, 0.1) is 12.2 Å². The lowest BCUT2D eigenvalue weighted by Gasteiger charge is -2.13. The quantitative estimate of drug-likeness (QED) is 0.703. The molecule has 2 heteroatoms. The molecule has 0 radical (unpaired) electrons. The van der Waals surface area contributed by atoms with Gasteiger partial charge < -0.3 is 10.2 Å². The van der Waals surface area contributed by atoms with Gasteiger partial charge in [0.25, 0.3) is 0 Å². The molecule has 0 aliphatic rings. The number of rotatable bonds is 2. The van der Waals surface area contributed by atoms with Crippen molar-refractivity contribution in [2.75, 3.05) is 0 Å². The van der Waals surface area contributed by atoms with E-state index < -0.39 is 12.2 Å². The summed E-state index contributed by atoms with van der Waals surface area (Å²) in [6.07, 6.45) is -1.04. The molecular formula is C10H14O2. The summed E-state index contributed by atoms with van der Waals surface area (Å²) in [6, 6.07) is 7.36. The van der Waals surface area contributed by atoms with Gasteiger partial charge in [-0.05, 0) is 25.0 Å². The number of aliphatic hydroxyl groups excluding tert-OH is 2. The maximum absolute atomic E-state index is 9.34. The van der Waals surface area contributed by atoms with Crippen LogP contribution in [-0.2, 0) is 0 Å². The van der Waals surface area contributed by atoms with Crippen LogP contribution in [0.25, 0.3) is 0 Å².